The van der Waals surface area contributed by atoms with Crippen LogP contribution < -0.4 is 5.32 Å². The number of nitrogens with zero attached hydrogens (tertiary/aromatic N) is 1. The van der Waals surface area contributed by atoms with Crippen molar-refractivity contribution in [3.63, 3.8) is 0 Å². The van der Waals surface area contributed by atoms with Gasteiger partial charge in [0.2, 0.25) is 0 Å². The van der Waals surface area contributed by atoms with Gasteiger partial charge in [-0.15, -0.1) is 0 Å². The van der Waals surface area contributed by atoms with Gasteiger partial charge in [0, 0.05) is 23.7 Å². The molecule has 2 rings (SSSR count). The third-order valence-corrected chi connectivity index (χ3v) is 2.49. The molecule has 0 saturated heterocycles. The van der Waals surface area contributed by atoms with Crippen LogP contribution in [0, 0.1) is 0 Å². The molecule has 0 aliphatic heterocycles. The molecule has 1 aromatic heterocycles. The Kier molecular flexibility index (Phi) is 2.92. The Bertz CT molecular complexity index is 483. The van der Waals surface area contributed by atoms with E-state index in [1.165, 1.54) is 10.9 Å². The Balaban J connectivity index is 2.20. The second-order valence-corrected chi connectivity index (χ2v) is 5.13. The van der Waals surface area contributed by atoms with E-state index in [0.29, 0.717) is 0 Å². The van der Waals surface area contributed by atoms with Crippen molar-refractivity contribution in [2.75, 3.05) is 0 Å². The standard InChI is InChI=1S/C14H18N2/c1-14(2,3)16-10-11-6-7-12-5-4-8-15-13(12)9-11/h4-9,16H,10H2,1-3H3. The highest BCUT2D eigenvalue weighted by molar-refractivity contribution is 5.78. The summed E-state index contributed by atoms with van der Waals surface area (Å²) in [6.45, 7) is 7.40. The predicted octanol–water partition coefficient (Wildman–Crippen LogP) is 3.12. The van der Waals surface area contributed by atoms with Gasteiger partial charge in [0.25, 0.3) is 0 Å². The first-order valence-electron chi connectivity index (χ1n) is 5.63. The molecule has 0 aliphatic carbocycles. The molecule has 1 heterocycles. The molecule has 0 spiro atoms. The van der Waals surface area contributed by atoms with Crippen LogP contribution in [0.3, 0.4) is 0 Å². The Labute approximate surface area is 96.7 Å². The minimum absolute atomic E-state index is 0.152. The molecular formula is C14H18N2. The largest absolute Gasteiger partial charge is 0.308 e. The second-order valence-electron chi connectivity index (χ2n) is 5.13. The van der Waals surface area contributed by atoms with Crippen LogP contribution in [0.25, 0.3) is 10.9 Å². The fourth-order valence-corrected chi connectivity index (χ4v) is 1.59. The minimum atomic E-state index is 0.152. The topological polar surface area (TPSA) is 24.9 Å². The van der Waals surface area contributed by atoms with Crippen LogP contribution in [0.1, 0.15) is 26.3 Å². The van der Waals surface area contributed by atoms with Gasteiger partial charge in [0.15, 0.2) is 0 Å². The van der Waals surface area contributed by atoms with Gasteiger partial charge in [-0.2, -0.15) is 0 Å². The number of rotatable bonds is 2. The van der Waals surface area contributed by atoms with Gasteiger partial charge in [0.1, 0.15) is 0 Å². The van der Waals surface area contributed by atoms with Crippen molar-refractivity contribution in [1.29, 1.82) is 0 Å². The summed E-state index contributed by atoms with van der Waals surface area (Å²) < 4.78 is 0. The highest BCUT2D eigenvalue weighted by Crippen LogP contribution is 2.13. The molecule has 0 fully saturated rings. The quantitative estimate of drug-likeness (QED) is 0.830. The number of aromatic nitrogens is 1. The summed E-state index contributed by atoms with van der Waals surface area (Å²) >= 11 is 0. The fourth-order valence-electron chi connectivity index (χ4n) is 1.59. The van der Waals surface area contributed by atoms with Crippen LogP contribution >= 0.6 is 0 Å². The molecule has 0 radical (unpaired) electrons. The zero-order valence-corrected chi connectivity index (χ0v) is 10.1. The van der Waals surface area contributed by atoms with E-state index in [1.54, 1.807) is 0 Å². The molecule has 1 aromatic carbocycles. The Hall–Kier alpha value is -1.41. The maximum atomic E-state index is 4.36. The van der Waals surface area contributed by atoms with E-state index in [-0.39, 0.29) is 5.54 Å². The van der Waals surface area contributed by atoms with Crippen molar-refractivity contribution in [3.05, 3.63) is 42.1 Å². The van der Waals surface area contributed by atoms with E-state index < -0.39 is 0 Å². The summed E-state index contributed by atoms with van der Waals surface area (Å²) in [5, 5.41) is 4.67. The first kappa shape index (κ1) is 11.1. The van der Waals surface area contributed by atoms with Crippen molar-refractivity contribution in [2.45, 2.75) is 32.9 Å². The molecule has 2 nitrogen and oxygen atoms in total. The smallest absolute Gasteiger partial charge is 0.0705 e. The minimum Gasteiger partial charge on any atom is -0.308 e. The van der Waals surface area contributed by atoms with Crippen LogP contribution in [0.5, 0.6) is 0 Å². The maximum Gasteiger partial charge on any atom is 0.0705 e. The number of nitrogens with one attached hydrogen (secondary N) is 1. The van der Waals surface area contributed by atoms with Crippen molar-refractivity contribution in [2.24, 2.45) is 0 Å². The van der Waals surface area contributed by atoms with Crippen molar-refractivity contribution < 1.29 is 0 Å². The predicted molar refractivity (Wildman–Crippen MR) is 68.3 cm³/mol. The molecule has 2 aromatic rings. The van der Waals surface area contributed by atoms with Gasteiger partial charge in [-0.3, -0.25) is 4.98 Å². The molecule has 0 amide bonds. The fraction of sp³-hybridized carbons (Fsp3) is 0.357. The average Bonchev–Trinajstić information content (AvgIpc) is 2.25. The second kappa shape index (κ2) is 4.22. The Morgan fingerprint density at radius 2 is 2.00 bits per heavy atom. The average molecular weight is 214 g/mol. The SMILES string of the molecule is CC(C)(C)NCc1ccc2cccnc2c1. The third kappa shape index (κ3) is 2.80. The van der Waals surface area contributed by atoms with Gasteiger partial charge in [-0.05, 0) is 38.5 Å². The first-order chi connectivity index (χ1) is 7.54. The summed E-state index contributed by atoms with van der Waals surface area (Å²) in [5.41, 5.74) is 2.50. The van der Waals surface area contributed by atoms with Crippen LogP contribution in [0.15, 0.2) is 36.5 Å². The van der Waals surface area contributed by atoms with Crippen molar-refractivity contribution in [3.8, 4) is 0 Å². The molecule has 1 N–H and O–H groups in total. The van der Waals surface area contributed by atoms with E-state index in [1.807, 2.05) is 12.3 Å². The number of pyridine rings is 1. The molecule has 2 heteroatoms. The zero-order chi connectivity index (χ0) is 11.6. The lowest BCUT2D eigenvalue weighted by molar-refractivity contribution is 0.424. The van der Waals surface area contributed by atoms with Crippen LogP contribution in [-0.2, 0) is 6.54 Å². The highest BCUT2D eigenvalue weighted by Gasteiger charge is 2.08. The lowest BCUT2D eigenvalue weighted by Gasteiger charge is -2.20. The Morgan fingerprint density at radius 3 is 2.75 bits per heavy atom. The lowest BCUT2D eigenvalue weighted by atomic mass is 10.1. The summed E-state index contributed by atoms with van der Waals surface area (Å²) in [6, 6.07) is 10.5. The third-order valence-electron chi connectivity index (χ3n) is 2.49. The number of hydrogen-bond acceptors (Lipinski definition) is 2. The molecule has 0 unspecified atom stereocenters. The molecule has 84 valence electrons. The van der Waals surface area contributed by atoms with E-state index in [9.17, 15) is 0 Å². The molecule has 0 bridgehead atoms. The monoisotopic (exact) mass is 214 g/mol. The highest BCUT2D eigenvalue weighted by atomic mass is 14.9. The van der Waals surface area contributed by atoms with Crippen LogP contribution in [0.2, 0.25) is 0 Å². The van der Waals surface area contributed by atoms with Gasteiger partial charge >= 0.3 is 0 Å². The van der Waals surface area contributed by atoms with Gasteiger partial charge < -0.3 is 5.32 Å². The van der Waals surface area contributed by atoms with Gasteiger partial charge in [0.05, 0.1) is 5.52 Å². The maximum absolute atomic E-state index is 4.36. The first-order valence-corrected chi connectivity index (χ1v) is 5.63. The summed E-state index contributed by atoms with van der Waals surface area (Å²) in [6.07, 6.45) is 1.84. The zero-order valence-electron chi connectivity index (χ0n) is 10.1. The van der Waals surface area contributed by atoms with E-state index in [2.05, 4.69) is 55.3 Å². The van der Waals surface area contributed by atoms with Crippen molar-refractivity contribution in [1.82, 2.24) is 10.3 Å². The van der Waals surface area contributed by atoms with Crippen LogP contribution in [0.4, 0.5) is 0 Å². The summed E-state index contributed by atoms with van der Waals surface area (Å²) in [5.74, 6) is 0. The molecule has 0 aliphatic rings. The summed E-state index contributed by atoms with van der Waals surface area (Å²) in [4.78, 5) is 4.36. The lowest BCUT2D eigenvalue weighted by Crippen LogP contribution is -2.35. The van der Waals surface area contributed by atoms with Gasteiger partial charge in [-0.25, -0.2) is 0 Å². The molecule has 16 heavy (non-hydrogen) atoms. The van der Waals surface area contributed by atoms with E-state index >= 15 is 0 Å². The summed E-state index contributed by atoms with van der Waals surface area (Å²) in [7, 11) is 0. The number of hydrogen-bond donors (Lipinski definition) is 1. The number of benzene rings is 1. The van der Waals surface area contributed by atoms with E-state index in [0.717, 1.165) is 12.1 Å². The Morgan fingerprint density at radius 1 is 1.19 bits per heavy atom. The number of fused-ring (bicyclic) bond motifs is 1. The van der Waals surface area contributed by atoms with Crippen molar-refractivity contribution >= 4 is 10.9 Å². The molecular weight excluding hydrogens is 196 g/mol. The van der Waals surface area contributed by atoms with Crippen LogP contribution in [-0.4, -0.2) is 10.5 Å². The molecule has 0 saturated carbocycles. The van der Waals surface area contributed by atoms with Gasteiger partial charge in [-0.1, -0.05) is 18.2 Å². The normalized spacial score (nSPS) is 11.9. The van der Waals surface area contributed by atoms with E-state index in [4.69, 9.17) is 0 Å². The molecule has 0 atom stereocenters.